The molecule has 88 valence electrons. The van der Waals surface area contributed by atoms with E-state index in [0.29, 0.717) is 0 Å². The normalized spacial score (nSPS) is 10.6. The maximum Gasteiger partial charge on any atom is 0.195 e. The van der Waals surface area contributed by atoms with Crippen molar-refractivity contribution in [3.05, 3.63) is 53.6 Å². The average Bonchev–Trinajstić information content (AvgIpc) is 2.30. The van der Waals surface area contributed by atoms with Gasteiger partial charge in [0.2, 0.25) is 0 Å². The van der Waals surface area contributed by atoms with E-state index in [4.69, 9.17) is 5.11 Å². The number of rotatable bonds is 1. The average molecular weight is 242 g/mol. The Kier molecular flexibility index (Phi) is 2.75. The molecule has 0 bridgehead atoms. The van der Waals surface area contributed by atoms with Gasteiger partial charge in [-0.25, -0.2) is 17.6 Å². The van der Waals surface area contributed by atoms with Crippen LogP contribution < -0.4 is 0 Å². The predicted molar refractivity (Wildman–Crippen MR) is 53.4 cm³/mol. The lowest BCUT2D eigenvalue weighted by atomic mass is 10.0. The minimum atomic E-state index is -1.61. The van der Waals surface area contributed by atoms with Crippen LogP contribution in [0, 0.1) is 23.3 Å². The Labute approximate surface area is 93.9 Å². The molecule has 0 atom stereocenters. The molecule has 0 aromatic heterocycles. The van der Waals surface area contributed by atoms with Crippen molar-refractivity contribution in [1.29, 1.82) is 0 Å². The van der Waals surface area contributed by atoms with Crippen LogP contribution in [0.5, 0.6) is 5.75 Å². The monoisotopic (exact) mass is 242 g/mol. The number of aromatic hydroxyl groups is 1. The Bertz CT molecular complexity index is 581. The third-order valence-electron chi connectivity index (χ3n) is 2.29. The van der Waals surface area contributed by atoms with Gasteiger partial charge in [-0.05, 0) is 29.8 Å². The zero-order valence-corrected chi connectivity index (χ0v) is 8.35. The first-order valence-corrected chi connectivity index (χ1v) is 4.63. The molecule has 0 heterocycles. The second-order valence-corrected chi connectivity index (χ2v) is 3.39. The molecule has 2 aromatic rings. The number of phenolic OH excluding ortho intramolecular Hbond substituents is 1. The van der Waals surface area contributed by atoms with Crippen molar-refractivity contribution in [1.82, 2.24) is 0 Å². The summed E-state index contributed by atoms with van der Waals surface area (Å²) in [5, 5.41) is 8.96. The fourth-order valence-electron chi connectivity index (χ4n) is 1.42. The third-order valence-corrected chi connectivity index (χ3v) is 2.29. The first-order chi connectivity index (χ1) is 8.00. The highest BCUT2D eigenvalue weighted by Gasteiger charge is 2.15. The van der Waals surface area contributed by atoms with E-state index >= 15 is 0 Å². The van der Waals surface area contributed by atoms with Gasteiger partial charge in [0.25, 0.3) is 0 Å². The van der Waals surface area contributed by atoms with Crippen molar-refractivity contribution >= 4 is 0 Å². The minimum absolute atomic E-state index is 0.0108. The first kappa shape index (κ1) is 11.4. The predicted octanol–water partition coefficient (Wildman–Crippen LogP) is 3.62. The van der Waals surface area contributed by atoms with Crippen LogP contribution in [0.15, 0.2) is 30.3 Å². The highest BCUT2D eigenvalue weighted by atomic mass is 19.2. The van der Waals surface area contributed by atoms with Gasteiger partial charge in [0.1, 0.15) is 0 Å². The molecule has 0 amide bonds. The van der Waals surface area contributed by atoms with Crippen molar-refractivity contribution in [2.75, 3.05) is 0 Å². The molecule has 0 radical (unpaired) electrons. The smallest absolute Gasteiger partial charge is 0.195 e. The summed E-state index contributed by atoms with van der Waals surface area (Å²) >= 11 is 0. The van der Waals surface area contributed by atoms with Crippen molar-refractivity contribution in [2.45, 2.75) is 0 Å². The largest absolute Gasteiger partial charge is 0.505 e. The molecule has 2 rings (SSSR count). The van der Waals surface area contributed by atoms with E-state index < -0.39 is 29.0 Å². The van der Waals surface area contributed by atoms with Crippen LogP contribution in [-0.4, -0.2) is 5.11 Å². The summed E-state index contributed by atoms with van der Waals surface area (Å²) in [6.07, 6.45) is 0. The van der Waals surface area contributed by atoms with Crippen LogP contribution in [0.3, 0.4) is 0 Å². The topological polar surface area (TPSA) is 20.2 Å². The molecule has 0 aliphatic rings. The third kappa shape index (κ3) is 1.95. The van der Waals surface area contributed by atoms with Gasteiger partial charge >= 0.3 is 0 Å². The van der Waals surface area contributed by atoms with Crippen LogP contribution in [0.4, 0.5) is 17.6 Å². The molecule has 5 heteroatoms. The van der Waals surface area contributed by atoms with E-state index in [1.807, 2.05) is 0 Å². The highest BCUT2D eigenvalue weighted by Crippen LogP contribution is 2.28. The van der Waals surface area contributed by atoms with Crippen LogP contribution in [0.2, 0.25) is 0 Å². The van der Waals surface area contributed by atoms with Crippen LogP contribution in [0.1, 0.15) is 0 Å². The molecule has 0 aliphatic heterocycles. The first-order valence-electron chi connectivity index (χ1n) is 4.63. The van der Waals surface area contributed by atoms with Crippen molar-refractivity contribution in [2.24, 2.45) is 0 Å². The zero-order valence-electron chi connectivity index (χ0n) is 8.35. The fourth-order valence-corrected chi connectivity index (χ4v) is 1.42. The molecule has 0 saturated carbocycles. The van der Waals surface area contributed by atoms with Crippen molar-refractivity contribution < 1.29 is 22.7 Å². The molecule has 2 aromatic carbocycles. The second-order valence-electron chi connectivity index (χ2n) is 3.39. The van der Waals surface area contributed by atoms with Crippen LogP contribution in [-0.2, 0) is 0 Å². The molecular weight excluding hydrogens is 236 g/mol. The minimum Gasteiger partial charge on any atom is -0.505 e. The van der Waals surface area contributed by atoms with E-state index in [9.17, 15) is 17.6 Å². The quantitative estimate of drug-likeness (QED) is 0.598. The summed E-state index contributed by atoms with van der Waals surface area (Å²) in [5.41, 5.74) is -0.264. The van der Waals surface area contributed by atoms with Gasteiger partial charge in [-0.1, -0.05) is 6.07 Å². The highest BCUT2D eigenvalue weighted by molar-refractivity contribution is 5.65. The van der Waals surface area contributed by atoms with Gasteiger partial charge in [-0.15, -0.1) is 0 Å². The Morgan fingerprint density at radius 3 is 2.12 bits per heavy atom. The summed E-state index contributed by atoms with van der Waals surface area (Å²) in [4.78, 5) is 0. The molecule has 1 N–H and O–H groups in total. The van der Waals surface area contributed by atoms with Gasteiger partial charge in [0.05, 0.1) is 0 Å². The van der Waals surface area contributed by atoms with Crippen LogP contribution >= 0.6 is 0 Å². The van der Waals surface area contributed by atoms with Gasteiger partial charge in [-0.2, -0.15) is 0 Å². The van der Waals surface area contributed by atoms with E-state index in [2.05, 4.69) is 0 Å². The standard InChI is InChI=1S/C12H6F4O/c13-8-3-2-7(11(15)12(8)16)6-1-4-10(17)9(14)5-6/h1-5,17H. The second kappa shape index (κ2) is 4.08. The lowest BCUT2D eigenvalue weighted by Gasteiger charge is -2.05. The van der Waals surface area contributed by atoms with E-state index in [1.54, 1.807) is 0 Å². The number of benzene rings is 2. The summed E-state index contributed by atoms with van der Waals surface area (Å²) < 4.78 is 52.1. The van der Waals surface area contributed by atoms with Crippen molar-refractivity contribution in [3.63, 3.8) is 0 Å². The van der Waals surface area contributed by atoms with E-state index in [-0.39, 0.29) is 11.1 Å². The Morgan fingerprint density at radius 2 is 1.47 bits per heavy atom. The number of halogens is 4. The van der Waals surface area contributed by atoms with Crippen LogP contribution in [0.25, 0.3) is 11.1 Å². The summed E-state index contributed by atoms with van der Waals surface area (Å²) in [5.74, 6) is -5.89. The molecule has 1 nitrogen and oxygen atoms in total. The molecule has 0 aliphatic carbocycles. The van der Waals surface area contributed by atoms with Gasteiger partial charge < -0.3 is 5.11 Å². The Balaban J connectivity index is 2.61. The molecule has 0 saturated heterocycles. The number of hydrogen-bond acceptors (Lipinski definition) is 1. The Morgan fingerprint density at radius 1 is 0.765 bits per heavy atom. The summed E-state index contributed by atoms with van der Waals surface area (Å²) in [7, 11) is 0. The molecule has 0 fully saturated rings. The van der Waals surface area contributed by atoms with E-state index in [0.717, 1.165) is 24.3 Å². The maximum absolute atomic E-state index is 13.4. The maximum atomic E-state index is 13.4. The number of phenols is 1. The fraction of sp³-hybridized carbons (Fsp3) is 0. The SMILES string of the molecule is Oc1ccc(-c2ccc(F)c(F)c2F)cc1F. The van der Waals surface area contributed by atoms with Gasteiger partial charge in [0.15, 0.2) is 29.0 Å². The Hall–Kier alpha value is -2.04. The number of hydrogen-bond donors (Lipinski definition) is 1. The molecule has 17 heavy (non-hydrogen) atoms. The molecular formula is C12H6F4O. The lowest BCUT2D eigenvalue weighted by molar-refractivity contribution is 0.432. The molecule has 0 unspecified atom stereocenters. The molecule has 0 spiro atoms. The zero-order chi connectivity index (χ0) is 12.6. The lowest BCUT2D eigenvalue weighted by Crippen LogP contribution is -1.94. The van der Waals surface area contributed by atoms with Gasteiger partial charge in [0, 0.05) is 5.56 Å². The summed E-state index contributed by atoms with van der Waals surface area (Å²) in [6, 6.07) is 4.79. The van der Waals surface area contributed by atoms with Crippen molar-refractivity contribution in [3.8, 4) is 16.9 Å². The van der Waals surface area contributed by atoms with E-state index in [1.165, 1.54) is 6.07 Å². The van der Waals surface area contributed by atoms with Gasteiger partial charge in [-0.3, -0.25) is 0 Å². The summed E-state index contributed by atoms with van der Waals surface area (Å²) in [6.45, 7) is 0.